The Morgan fingerprint density at radius 2 is 1.29 bits per heavy atom. The number of para-hydroxylation sites is 1. The SMILES string of the molecule is Cc1cc([C@H]2C3=CC[C@@H]4C(=O)N(c5ccc(Nc6ccccc6)cc5)C(=O)[C@@H]4[C@@H]3C[C@@]3(Cl)C(=O)N(c4c(F)c(F)c(F)c(F)c4F)C(=O)[C@@]23Cl)cc(C)c1O. The Morgan fingerprint density at radius 3 is 1.89 bits per heavy atom. The molecule has 2 saturated heterocycles. The topological polar surface area (TPSA) is 107 Å². The Kier molecular flexibility index (Phi) is 8.43. The van der Waals surface area contributed by atoms with E-state index in [2.05, 4.69) is 5.32 Å². The third kappa shape index (κ3) is 5.01. The van der Waals surface area contributed by atoms with Gasteiger partial charge in [0.25, 0.3) is 11.8 Å². The van der Waals surface area contributed by atoms with Crippen LogP contribution in [0.25, 0.3) is 0 Å². The number of benzene rings is 4. The molecule has 0 radical (unpaired) electrons. The van der Waals surface area contributed by atoms with E-state index in [1.165, 1.54) is 12.1 Å². The molecule has 6 atom stereocenters. The fraction of sp³-hybridized carbons (Fsp3) is 0.250. The molecule has 282 valence electrons. The van der Waals surface area contributed by atoms with Gasteiger partial charge in [0.05, 0.1) is 17.5 Å². The summed E-state index contributed by atoms with van der Waals surface area (Å²) in [7, 11) is 0. The van der Waals surface area contributed by atoms with E-state index in [9.17, 15) is 37.5 Å². The predicted octanol–water partition coefficient (Wildman–Crippen LogP) is 8.22. The number of carbonyl (C=O) groups is 4. The van der Waals surface area contributed by atoms with Gasteiger partial charge in [-0.25, -0.2) is 26.9 Å². The number of imide groups is 2. The number of halogens is 7. The van der Waals surface area contributed by atoms with Gasteiger partial charge in [0.2, 0.25) is 17.6 Å². The molecule has 0 bridgehead atoms. The minimum atomic E-state index is -2.66. The Labute approximate surface area is 320 Å². The van der Waals surface area contributed by atoms with Crippen molar-refractivity contribution in [2.24, 2.45) is 17.8 Å². The van der Waals surface area contributed by atoms with Crippen LogP contribution in [0.4, 0.5) is 44.7 Å². The first-order valence-corrected chi connectivity index (χ1v) is 17.9. The van der Waals surface area contributed by atoms with E-state index in [1.807, 2.05) is 30.3 Å². The van der Waals surface area contributed by atoms with E-state index >= 15 is 8.78 Å². The van der Waals surface area contributed by atoms with Crippen molar-refractivity contribution in [3.63, 3.8) is 0 Å². The van der Waals surface area contributed by atoms with Crippen molar-refractivity contribution in [2.45, 2.75) is 42.4 Å². The first kappa shape index (κ1) is 36.7. The van der Waals surface area contributed by atoms with Gasteiger partial charge in [-0.1, -0.05) is 42.0 Å². The average Bonchev–Trinajstić information content (AvgIpc) is 3.50. The highest BCUT2D eigenvalue weighted by atomic mass is 35.5. The van der Waals surface area contributed by atoms with Gasteiger partial charge >= 0.3 is 0 Å². The maximum Gasteiger partial charge on any atom is 0.258 e. The van der Waals surface area contributed by atoms with Crippen LogP contribution in [0.1, 0.15) is 35.4 Å². The number of nitrogens with one attached hydrogen (secondary N) is 1. The summed E-state index contributed by atoms with van der Waals surface area (Å²) < 4.78 is 73.8. The van der Waals surface area contributed by atoms with Gasteiger partial charge in [0.1, 0.15) is 11.4 Å². The van der Waals surface area contributed by atoms with Gasteiger partial charge in [-0.2, -0.15) is 0 Å². The van der Waals surface area contributed by atoms with Crippen LogP contribution >= 0.6 is 23.2 Å². The number of hydrogen-bond donors (Lipinski definition) is 2. The molecule has 3 fully saturated rings. The van der Waals surface area contributed by atoms with Crippen LogP contribution in [-0.4, -0.2) is 38.5 Å². The Hall–Kier alpha value is -5.27. The fourth-order valence-corrected chi connectivity index (χ4v) is 9.67. The molecule has 1 saturated carbocycles. The van der Waals surface area contributed by atoms with Gasteiger partial charge in [-0.3, -0.25) is 24.1 Å². The standard InChI is InChI=1S/C40H28Cl2F5N3O5/c1-17-14-19(15-18(2)34(17)51)27-23-12-13-24-26(36(53)49(35(24)52)22-10-8-21(9-11-22)48-20-6-4-3-5-7-20)25(23)16-39(41)37(54)50(38(55)40(27,39)42)33-31(46)29(44)28(43)30(45)32(33)47/h3-12,14-15,24-27,48,51H,13,16H2,1-2H3/t24-,25+,26-,27-,39+,40-/m0/s1. The molecule has 4 aliphatic rings. The summed E-state index contributed by atoms with van der Waals surface area (Å²) in [6, 6.07) is 18.8. The fourth-order valence-electron chi connectivity index (χ4n) is 8.73. The molecule has 55 heavy (non-hydrogen) atoms. The summed E-state index contributed by atoms with van der Waals surface area (Å²) in [4.78, 5) is 52.9. The largest absolute Gasteiger partial charge is 0.507 e. The number of aryl methyl sites for hydroxylation is 2. The van der Waals surface area contributed by atoms with Crippen molar-refractivity contribution >= 4 is 69.6 Å². The number of phenols is 1. The van der Waals surface area contributed by atoms with Crippen molar-refractivity contribution in [3.05, 3.63) is 124 Å². The van der Waals surface area contributed by atoms with E-state index in [-0.39, 0.29) is 28.3 Å². The van der Waals surface area contributed by atoms with Crippen LogP contribution in [0.3, 0.4) is 0 Å². The lowest BCUT2D eigenvalue weighted by Crippen LogP contribution is -2.60. The molecule has 4 aromatic rings. The molecular formula is C40H28Cl2F5N3O5. The van der Waals surface area contributed by atoms with Gasteiger partial charge in [-0.15, -0.1) is 23.2 Å². The summed E-state index contributed by atoms with van der Waals surface area (Å²) in [5, 5.41) is 13.8. The molecule has 2 aliphatic carbocycles. The number of hydrogen-bond acceptors (Lipinski definition) is 6. The maximum absolute atomic E-state index is 15.3. The Morgan fingerprint density at radius 1 is 0.727 bits per heavy atom. The molecule has 2 aliphatic heterocycles. The minimum absolute atomic E-state index is 0.0104. The average molecular weight is 797 g/mol. The first-order chi connectivity index (χ1) is 26.0. The summed E-state index contributed by atoms with van der Waals surface area (Å²) in [6.07, 6.45) is 0.985. The molecule has 8 nitrogen and oxygen atoms in total. The minimum Gasteiger partial charge on any atom is -0.507 e. The van der Waals surface area contributed by atoms with E-state index in [4.69, 9.17) is 23.2 Å². The number of rotatable bonds is 5. The molecule has 4 amide bonds. The molecule has 0 spiro atoms. The highest BCUT2D eigenvalue weighted by molar-refractivity contribution is 6.58. The zero-order chi connectivity index (χ0) is 39.5. The molecule has 2 N–H and O–H groups in total. The van der Waals surface area contributed by atoms with Crippen molar-refractivity contribution in [3.8, 4) is 5.75 Å². The number of fused-ring (bicyclic) bond motifs is 4. The molecule has 4 aromatic carbocycles. The molecule has 0 aromatic heterocycles. The van der Waals surface area contributed by atoms with Crippen molar-refractivity contribution in [1.82, 2.24) is 0 Å². The van der Waals surface area contributed by atoms with Crippen molar-refractivity contribution in [1.29, 1.82) is 0 Å². The number of aromatic hydroxyl groups is 1. The van der Waals surface area contributed by atoms with E-state index in [1.54, 1.807) is 44.2 Å². The molecule has 8 rings (SSSR count). The Balaban J connectivity index is 1.25. The second-order valence-electron chi connectivity index (χ2n) is 14.2. The second kappa shape index (κ2) is 12.6. The number of alkyl halides is 2. The Bertz CT molecular complexity index is 2360. The molecule has 0 unspecified atom stereocenters. The number of phenolic OH excluding ortho intramolecular Hbond substituents is 1. The summed E-state index contributed by atoms with van der Waals surface area (Å²) >= 11 is 14.4. The second-order valence-corrected chi connectivity index (χ2v) is 15.5. The quantitative estimate of drug-likeness (QED) is 0.0527. The lowest BCUT2D eigenvalue weighted by atomic mass is 9.56. The highest BCUT2D eigenvalue weighted by Gasteiger charge is 2.77. The van der Waals surface area contributed by atoms with Gasteiger partial charge < -0.3 is 10.4 Å². The third-order valence-corrected chi connectivity index (χ3v) is 12.7. The molecule has 15 heteroatoms. The third-order valence-electron chi connectivity index (χ3n) is 11.3. The van der Waals surface area contributed by atoms with Crippen LogP contribution in [0, 0.1) is 60.7 Å². The summed E-state index contributed by atoms with van der Waals surface area (Å²) in [5.41, 5.74) is 1.03. The first-order valence-electron chi connectivity index (χ1n) is 17.1. The number of allylic oxidation sites excluding steroid dienone is 2. The van der Waals surface area contributed by atoms with E-state index < -0.39 is 98.2 Å². The predicted molar refractivity (Wildman–Crippen MR) is 193 cm³/mol. The van der Waals surface area contributed by atoms with E-state index in [0.717, 1.165) is 10.6 Å². The van der Waals surface area contributed by atoms with Crippen LogP contribution in [0.5, 0.6) is 5.75 Å². The van der Waals surface area contributed by atoms with Crippen molar-refractivity contribution in [2.75, 3.05) is 15.1 Å². The summed E-state index contributed by atoms with van der Waals surface area (Å²) in [5.74, 6) is -21.3. The lowest BCUT2D eigenvalue weighted by molar-refractivity contribution is -0.125. The number of carbonyl (C=O) groups excluding carboxylic acids is 4. The zero-order valence-electron chi connectivity index (χ0n) is 28.8. The monoisotopic (exact) mass is 795 g/mol. The van der Waals surface area contributed by atoms with Gasteiger partial charge in [0, 0.05) is 17.3 Å². The van der Waals surface area contributed by atoms with Gasteiger partial charge in [0.15, 0.2) is 33.0 Å². The molecule has 2 heterocycles. The zero-order valence-corrected chi connectivity index (χ0v) is 30.3. The lowest BCUT2D eigenvalue weighted by Gasteiger charge is -2.50. The number of nitrogens with zero attached hydrogens (tertiary/aromatic N) is 2. The van der Waals surface area contributed by atoms with Gasteiger partial charge in [-0.05, 0) is 85.7 Å². The number of anilines is 4. The van der Waals surface area contributed by atoms with Crippen molar-refractivity contribution < 1.29 is 46.2 Å². The molecular weight excluding hydrogens is 768 g/mol. The number of amides is 4. The normalized spacial score (nSPS) is 27.3. The van der Waals surface area contributed by atoms with Crippen LogP contribution in [0.15, 0.2) is 78.4 Å². The maximum atomic E-state index is 15.3. The smallest absolute Gasteiger partial charge is 0.258 e. The van der Waals surface area contributed by atoms with Crippen LogP contribution in [0.2, 0.25) is 0 Å². The van der Waals surface area contributed by atoms with Crippen LogP contribution < -0.4 is 15.1 Å². The van der Waals surface area contributed by atoms with Crippen LogP contribution in [-0.2, 0) is 19.2 Å². The highest BCUT2D eigenvalue weighted by Crippen LogP contribution is 2.66. The summed E-state index contributed by atoms with van der Waals surface area (Å²) in [6.45, 7) is 3.10. The van der Waals surface area contributed by atoms with E-state index in [0.29, 0.717) is 22.4 Å².